The Hall–Kier alpha value is -1.26. The van der Waals surface area contributed by atoms with E-state index in [1.54, 1.807) is 0 Å². The summed E-state index contributed by atoms with van der Waals surface area (Å²) in [6, 6.07) is -0.0960. The van der Waals surface area contributed by atoms with Gasteiger partial charge in [-0.1, -0.05) is 20.3 Å². The van der Waals surface area contributed by atoms with Gasteiger partial charge in [0.15, 0.2) is 0 Å². The number of hydrogen-bond donors (Lipinski definition) is 2. The molecule has 1 aliphatic carbocycles. The molecule has 3 atom stereocenters. The number of aliphatic carboxylic acids is 1. The quantitative estimate of drug-likeness (QED) is 0.816. The number of urea groups is 1. The lowest BCUT2D eigenvalue weighted by Crippen LogP contribution is -2.43. The van der Waals surface area contributed by atoms with Crippen molar-refractivity contribution in [2.45, 2.75) is 33.1 Å². The number of fused-ring (bicyclic) bond motifs is 1. The van der Waals surface area contributed by atoms with Crippen LogP contribution in [0, 0.1) is 23.7 Å². The minimum absolute atomic E-state index is 0.0239. The molecule has 1 aliphatic heterocycles. The van der Waals surface area contributed by atoms with Crippen LogP contribution in [0.15, 0.2) is 0 Å². The summed E-state index contributed by atoms with van der Waals surface area (Å²) in [5.74, 6) is 0.0210. The van der Waals surface area contributed by atoms with Gasteiger partial charge < -0.3 is 15.3 Å². The summed E-state index contributed by atoms with van der Waals surface area (Å²) in [5, 5.41) is 11.9. The first kappa shape index (κ1) is 14.2. The van der Waals surface area contributed by atoms with Gasteiger partial charge in [0.2, 0.25) is 0 Å². The van der Waals surface area contributed by atoms with Gasteiger partial charge in [-0.15, -0.1) is 0 Å². The van der Waals surface area contributed by atoms with E-state index in [9.17, 15) is 9.59 Å². The van der Waals surface area contributed by atoms with Crippen LogP contribution in [0.4, 0.5) is 4.79 Å². The lowest BCUT2D eigenvalue weighted by atomic mass is 9.96. The molecular weight excluding hydrogens is 244 g/mol. The third-order valence-corrected chi connectivity index (χ3v) is 4.61. The molecule has 2 amide bonds. The minimum atomic E-state index is -0.839. The zero-order chi connectivity index (χ0) is 14.0. The summed E-state index contributed by atoms with van der Waals surface area (Å²) in [6.07, 6.45) is 3.76. The zero-order valence-corrected chi connectivity index (χ0v) is 11.8. The van der Waals surface area contributed by atoms with Crippen molar-refractivity contribution in [1.82, 2.24) is 10.2 Å². The average molecular weight is 268 g/mol. The number of nitrogens with one attached hydrogen (secondary N) is 1. The Bertz CT molecular complexity index is 345. The Morgan fingerprint density at radius 1 is 1.26 bits per heavy atom. The van der Waals surface area contributed by atoms with E-state index in [2.05, 4.69) is 5.32 Å². The number of rotatable bonds is 4. The third kappa shape index (κ3) is 3.19. The van der Waals surface area contributed by atoms with Crippen molar-refractivity contribution >= 4 is 12.0 Å². The summed E-state index contributed by atoms with van der Waals surface area (Å²) in [5.41, 5.74) is 0. The Morgan fingerprint density at radius 3 is 2.32 bits per heavy atom. The predicted molar refractivity (Wildman–Crippen MR) is 71.8 cm³/mol. The molecule has 5 nitrogen and oxygen atoms in total. The molecule has 1 saturated carbocycles. The summed E-state index contributed by atoms with van der Waals surface area (Å²) in [6.45, 7) is 5.64. The smallest absolute Gasteiger partial charge is 0.317 e. The fourth-order valence-corrected chi connectivity index (χ4v) is 3.32. The van der Waals surface area contributed by atoms with Crippen molar-refractivity contribution < 1.29 is 14.7 Å². The van der Waals surface area contributed by atoms with Crippen LogP contribution in [0.3, 0.4) is 0 Å². The normalized spacial score (nSPS) is 27.4. The summed E-state index contributed by atoms with van der Waals surface area (Å²) in [4.78, 5) is 25.0. The number of carbonyl (C=O) groups excluding carboxylic acids is 1. The van der Waals surface area contributed by atoms with Crippen molar-refractivity contribution in [3.8, 4) is 0 Å². The maximum absolute atomic E-state index is 12.0. The van der Waals surface area contributed by atoms with E-state index in [4.69, 9.17) is 5.11 Å². The molecule has 2 N–H and O–H groups in total. The summed E-state index contributed by atoms with van der Waals surface area (Å²) in [7, 11) is 0. The van der Waals surface area contributed by atoms with E-state index in [1.807, 2.05) is 18.7 Å². The van der Waals surface area contributed by atoms with Crippen molar-refractivity contribution in [3.05, 3.63) is 0 Å². The second kappa shape index (κ2) is 5.80. The highest BCUT2D eigenvalue weighted by atomic mass is 16.4. The molecule has 0 aromatic rings. The second-order valence-corrected chi connectivity index (χ2v) is 6.23. The monoisotopic (exact) mass is 268 g/mol. The van der Waals surface area contributed by atoms with Crippen LogP contribution in [-0.4, -0.2) is 41.6 Å². The fraction of sp³-hybridized carbons (Fsp3) is 0.857. The molecule has 0 aromatic carbocycles. The predicted octanol–water partition coefficient (Wildman–Crippen LogP) is 1.78. The number of nitrogens with zero attached hydrogens (tertiary/aromatic N) is 1. The van der Waals surface area contributed by atoms with Crippen LogP contribution < -0.4 is 5.32 Å². The molecule has 0 spiro atoms. The van der Waals surface area contributed by atoms with Crippen LogP contribution in [0.2, 0.25) is 0 Å². The van der Waals surface area contributed by atoms with Gasteiger partial charge in [0, 0.05) is 19.6 Å². The molecule has 0 bridgehead atoms. The van der Waals surface area contributed by atoms with Gasteiger partial charge in [0.25, 0.3) is 0 Å². The van der Waals surface area contributed by atoms with E-state index < -0.39 is 11.9 Å². The van der Waals surface area contributed by atoms with Crippen LogP contribution in [-0.2, 0) is 4.79 Å². The van der Waals surface area contributed by atoms with E-state index in [0.29, 0.717) is 11.8 Å². The molecule has 19 heavy (non-hydrogen) atoms. The number of amides is 2. The molecule has 1 saturated heterocycles. The lowest BCUT2D eigenvalue weighted by molar-refractivity contribution is -0.142. The van der Waals surface area contributed by atoms with Crippen molar-refractivity contribution in [3.63, 3.8) is 0 Å². The molecular formula is C14H24N2O3. The average Bonchev–Trinajstić information content (AvgIpc) is 2.87. The van der Waals surface area contributed by atoms with E-state index in [-0.39, 0.29) is 18.5 Å². The largest absolute Gasteiger partial charge is 0.481 e. The topological polar surface area (TPSA) is 69.6 Å². The SMILES string of the molecule is CC(C)C(CNC(=O)N1CC2CCCC2C1)C(=O)O. The minimum Gasteiger partial charge on any atom is -0.481 e. The van der Waals surface area contributed by atoms with E-state index >= 15 is 0 Å². The first-order valence-electron chi connectivity index (χ1n) is 7.24. The van der Waals surface area contributed by atoms with Gasteiger partial charge in [-0.2, -0.15) is 0 Å². The molecule has 2 rings (SSSR count). The van der Waals surface area contributed by atoms with Crippen LogP contribution >= 0.6 is 0 Å². The van der Waals surface area contributed by atoms with Crippen molar-refractivity contribution in [2.75, 3.05) is 19.6 Å². The molecule has 0 radical (unpaired) electrons. The van der Waals surface area contributed by atoms with Gasteiger partial charge >= 0.3 is 12.0 Å². The molecule has 2 aliphatic rings. The molecule has 5 heteroatoms. The van der Waals surface area contributed by atoms with Gasteiger partial charge in [-0.3, -0.25) is 4.79 Å². The zero-order valence-electron chi connectivity index (χ0n) is 11.8. The molecule has 3 unspecified atom stereocenters. The molecule has 108 valence electrons. The number of carboxylic acids is 1. The van der Waals surface area contributed by atoms with Gasteiger partial charge in [-0.25, -0.2) is 4.79 Å². The van der Waals surface area contributed by atoms with Gasteiger partial charge in [-0.05, 0) is 30.6 Å². The number of hydrogen-bond acceptors (Lipinski definition) is 2. The fourth-order valence-electron chi connectivity index (χ4n) is 3.32. The van der Waals surface area contributed by atoms with Crippen LogP contribution in [0.5, 0.6) is 0 Å². The maximum atomic E-state index is 12.0. The summed E-state index contributed by atoms with van der Waals surface area (Å²) < 4.78 is 0. The first-order chi connectivity index (χ1) is 8.99. The highest BCUT2D eigenvalue weighted by Gasteiger charge is 2.38. The maximum Gasteiger partial charge on any atom is 0.317 e. The standard InChI is InChI=1S/C14H24N2O3/c1-9(2)12(13(17)18)6-15-14(19)16-7-10-4-3-5-11(10)8-16/h9-12H,3-8H2,1-2H3,(H,15,19)(H,17,18). The molecule has 2 fully saturated rings. The Morgan fingerprint density at radius 2 is 1.84 bits per heavy atom. The van der Waals surface area contributed by atoms with Gasteiger partial charge in [0.1, 0.15) is 0 Å². The van der Waals surface area contributed by atoms with Crippen LogP contribution in [0.1, 0.15) is 33.1 Å². The van der Waals surface area contributed by atoms with Crippen molar-refractivity contribution in [2.24, 2.45) is 23.7 Å². The highest BCUT2D eigenvalue weighted by Crippen LogP contribution is 2.37. The highest BCUT2D eigenvalue weighted by molar-refractivity contribution is 5.76. The Labute approximate surface area is 114 Å². The second-order valence-electron chi connectivity index (χ2n) is 6.23. The Kier molecular flexibility index (Phi) is 4.32. The third-order valence-electron chi connectivity index (χ3n) is 4.61. The number of carbonyl (C=O) groups is 2. The molecule has 0 aromatic heterocycles. The number of likely N-dealkylation sites (tertiary alicyclic amines) is 1. The summed E-state index contributed by atoms with van der Waals surface area (Å²) >= 11 is 0. The molecule has 1 heterocycles. The first-order valence-corrected chi connectivity index (χ1v) is 7.24. The van der Waals surface area contributed by atoms with Crippen LogP contribution in [0.25, 0.3) is 0 Å². The number of carboxylic acid groups (broad SMARTS) is 1. The van der Waals surface area contributed by atoms with E-state index in [0.717, 1.165) is 13.1 Å². The van der Waals surface area contributed by atoms with E-state index in [1.165, 1.54) is 19.3 Å². The van der Waals surface area contributed by atoms with Gasteiger partial charge in [0.05, 0.1) is 5.92 Å². The lowest BCUT2D eigenvalue weighted by Gasteiger charge is -2.21. The van der Waals surface area contributed by atoms with Crippen molar-refractivity contribution in [1.29, 1.82) is 0 Å². The Balaban J connectivity index is 1.80.